The highest BCUT2D eigenvalue weighted by molar-refractivity contribution is 7.86. The van der Waals surface area contributed by atoms with Gasteiger partial charge in [-0.25, -0.2) is 4.21 Å². The number of methoxy groups -OCH3 is 1. The minimum atomic E-state index is -1.68. The van der Waals surface area contributed by atoms with Gasteiger partial charge in [0.2, 0.25) is 5.91 Å². The van der Waals surface area contributed by atoms with Gasteiger partial charge in [0.05, 0.1) is 28.8 Å². The van der Waals surface area contributed by atoms with Crippen molar-refractivity contribution in [3.63, 3.8) is 0 Å². The van der Waals surface area contributed by atoms with Gasteiger partial charge < -0.3 is 20.2 Å². The number of benzene rings is 2. The molecule has 1 heterocycles. The fourth-order valence-electron chi connectivity index (χ4n) is 2.67. The van der Waals surface area contributed by atoms with Crippen molar-refractivity contribution in [3.8, 4) is 17.1 Å². The number of anilines is 2. The average Bonchev–Trinajstić information content (AvgIpc) is 3.14. The van der Waals surface area contributed by atoms with Crippen LogP contribution in [0.1, 0.15) is 12.7 Å². The zero-order valence-electron chi connectivity index (χ0n) is 16.7. The van der Waals surface area contributed by atoms with Crippen molar-refractivity contribution in [1.82, 2.24) is 0 Å². The largest absolute Gasteiger partial charge is 0.495 e. The monoisotopic (exact) mass is 447 g/mol. The number of amides is 1. The molecule has 2 aromatic carbocycles. The number of ether oxygens (including phenoxy) is 1. The van der Waals surface area contributed by atoms with Crippen LogP contribution in [-0.4, -0.2) is 23.3 Å². The van der Waals surface area contributed by atoms with Crippen LogP contribution in [0.3, 0.4) is 0 Å². The van der Waals surface area contributed by atoms with Gasteiger partial charge in [0.1, 0.15) is 17.3 Å². The summed E-state index contributed by atoms with van der Waals surface area (Å²) in [5.74, 6) is 1.59. The molecule has 0 bridgehead atoms. The summed E-state index contributed by atoms with van der Waals surface area (Å²) in [5, 5.41) is 3.02. The number of nitrogens with one attached hydrogen (secondary N) is 2. The van der Waals surface area contributed by atoms with Gasteiger partial charge in [-0.05, 0) is 62.4 Å². The molecule has 1 unspecified atom stereocenters. The number of hydrogen-bond donors (Lipinski definition) is 3. The molecule has 158 valence electrons. The summed E-state index contributed by atoms with van der Waals surface area (Å²) in [6, 6.07) is 13.1. The molecular weight excluding hydrogens is 426 g/mol. The smallest absolute Gasteiger partial charge is 0.240 e. The lowest BCUT2D eigenvalue weighted by Crippen LogP contribution is -2.32. The van der Waals surface area contributed by atoms with E-state index in [9.17, 15) is 9.00 Å². The Morgan fingerprint density at radius 2 is 1.97 bits per heavy atom. The molecule has 0 radical (unpaired) electrons. The van der Waals surface area contributed by atoms with Crippen molar-refractivity contribution < 1.29 is 18.2 Å². The van der Waals surface area contributed by atoms with Crippen LogP contribution in [0.5, 0.6) is 5.75 Å². The van der Waals surface area contributed by atoms with Gasteiger partial charge in [0.25, 0.3) is 0 Å². The number of furan rings is 1. The van der Waals surface area contributed by atoms with Gasteiger partial charge in [-0.2, -0.15) is 0 Å². The van der Waals surface area contributed by atoms with Gasteiger partial charge in [0.15, 0.2) is 11.0 Å². The zero-order valence-corrected chi connectivity index (χ0v) is 18.3. The van der Waals surface area contributed by atoms with Crippen LogP contribution in [0.15, 0.2) is 57.8 Å². The number of nitrogens with two attached hydrogens (primary N) is 1. The average molecular weight is 448 g/mol. The molecule has 1 aromatic heterocycles. The van der Waals surface area contributed by atoms with E-state index in [4.69, 9.17) is 26.5 Å². The van der Waals surface area contributed by atoms with E-state index in [1.165, 1.54) is 7.11 Å². The van der Waals surface area contributed by atoms with E-state index in [0.717, 1.165) is 11.3 Å². The van der Waals surface area contributed by atoms with Gasteiger partial charge in [-0.3, -0.25) is 9.52 Å². The van der Waals surface area contributed by atoms with Crippen LogP contribution in [-0.2, 0) is 15.8 Å². The van der Waals surface area contributed by atoms with Gasteiger partial charge in [-0.1, -0.05) is 11.6 Å². The van der Waals surface area contributed by atoms with Gasteiger partial charge in [0, 0.05) is 11.3 Å². The second-order valence-corrected chi connectivity index (χ2v) is 8.21. The van der Waals surface area contributed by atoms with E-state index in [0.29, 0.717) is 32.8 Å². The van der Waals surface area contributed by atoms with Crippen LogP contribution >= 0.6 is 11.6 Å². The maximum absolute atomic E-state index is 12.9. The lowest BCUT2D eigenvalue weighted by molar-refractivity contribution is -0.117. The highest BCUT2D eigenvalue weighted by Gasteiger charge is 2.15. The topological polar surface area (TPSA) is 107 Å². The number of halogens is 1. The minimum Gasteiger partial charge on any atom is -0.495 e. The number of hydrogen-bond acceptors (Lipinski definition) is 5. The Bertz CT molecular complexity index is 1100. The zero-order chi connectivity index (χ0) is 21.8. The molecule has 0 saturated heterocycles. The maximum Gasteiger partial charge on any atom is 0.240 e. The Morgan fingerprint density at radius 3 is 2.57 bits per heavy atom. The number of rotatable bonds is 7. The highest BCUT2D eigenvalue weighted by Crippen LogP contribution is 2.32. The fraction of sp³-hybridized carbons (Fsp3) is 0.190. The van der Waals surface area contributed by atoms with Crippen molar-refractivity contribution in [2.75, 3.05) is 17.1 Å². The van der Waals surface area contributed by atoms with Crippen LogP contribution in [0.25, 0.3) is 11.3 Å². The summed E-state index contributed by atoms with van der Waals surface area (Å²) < 4.78 is 26.7. The van der Waals surface area contributed by atoms with E-state index in [2.05, 4.69) is 10.0 Å². The molecule has 0 aliphatic heterocycles. The third-order valence-corrected chi connectivity index (χ3v) is 5.83. The summed E-state index contributed by atoms with van der Waals surface area (Å²) in [6.45, 7) is 3.44. The Labute approximate surface area is 182 Å². The molecule has 9 heteroatoms. The van der Waals surface area contributed by atoms with Crippen LogP contribution in [0.2, 0.25) is 5.02 Å². The predicted molar refractivity (Wildman–Crippen MR) is 119 cm³/mol. The lowest BCUT2D eigenvalue weighted by atomic mass is 10.2. The van der Waals surface area contributed by atoms with E-state index in [-0.39, 0.29) is 5.91 Å². The quantitative estimate of drug-likeness (QED) is 0.499. The van der Waals surface area contributed by atoms with Gasteiger partial charge >= 0.3 is 0 Å². The molecule has 30 heavy (non-hydrogen) atoms. The van der Waals surface area contributed by atoms with Crippen molar-refractivity contribution in [3.05, 3.63) is 59.3 Å². The first-order valence-electron chi connectivity index (χ1n) is 9.07. The molecule has 3 rings (SSSR count). The molecule has 2 atom stereocenters. The molecule has 3 aromatic rings. The van der Waals surface area contributed by atoms with E-state index in [1.54, 1.807) is 43.3 Å². The highest BCUT2D eigenvalue weighted by atomic mass is 35.5. The van der Waals surface area contributed by atoms with Crippen molar-refractivity contribution in [1.29, 1.82) is 0 Å². The Kier molecular flexibility index (Phi) is 6.81. The van der Waals surface area contributed by atoms with Crippen molar-refractivity contribution in [2.45, 2.75) is 24.8 Å². The number of carbonyl (C=O) groups excluding carboxylic acids is 1. The molecule has 0 fully saturated rings. The van der Waals surface area contributed by atoms with E-state index >= 15 is 0 Å². The second-order valence-electron chi connectivity index (χ2n) is 6.62. The van der Waals surface area contributed by atoms with Crippen LogP contribution in [0, 0.1) is 6.92 Å². The third kappa shape index (κ3) is 5.02. The molecule has 0 aliphatic carbocycles. The molecule has 4 N–H and O–H groups in total. The minimum absolute atomic E-state index is 0.327. The molecule has 1 amide bonds. The number of aryl methyl sites for hydroxylation is 1. The molecule has 0 aliphatic rings. The molecule has 0 spiro atoms. The first-order chi connectivity index (χ1) is 14.3. The maximum atomic E-state index is 12.9. The Balaban J connectivity index is 1.83. The fourth-order valence-corrected chi connectivity index (χ4v) is 3.96. The SMILES string of the molecule is COc1ccc(NC(=O)[C@H](C)N)cc1NS(=O)c1ccc(-c2ccc(C)o2)cc1Cl. The predicted octanol–water partition coefficient (Wildman–Crippen LogP) is 4.34. The number of carbonyl (C=O) groups is 1. The van der Waals surface area contributed by atoms with Crippen molar-refractivity contribution >= 4 is 39.9 Å². The first-order valence-corrected chi connectivity index (χ1v) is 10.6. The third-order valence-electron chi connectivity index (χ3n) is 4.24. The summed E-state index contributed by atoms with van der Waals surface area (Å²) in [4.78, 5) is 12.2. The Morgan fingerprint density at radius 1 is 1.20 bits per heavy atom. The second kappa shape index (κ2) is 9.34. The summed E-state index contributed by atoms with van der Waals surface area (Å²) in [7, 11) is -0.180. The first kappa shape index (κ1) is 21.9. The summed E-state index contributed by atoms with van der Waals surface area (Å²) >= 11 is 6.38. The van der Waals surface area contributed by atoms with Gasteiger partial charge in [-0.15, -0.1) is 0 Å². The molecular formula is C21H22ClN3O4S. The van der Waals surface area contributed by atoms with Crippen LogP contribution < -0.4 is 20.5 Å². The van der Waals surface area contributed by atoms with Crippen LogP contribution in [0.4, 0.5) is 11.4 Å². The lowest BCUT2D eigenvalue weighted by Gasteiger charge is -2.14. The summed E-state index contributed by atoms with van der Waals surface area (Å²) in [5.41, 5.74) is 7.29. The van der Waals surface area contributed by atoms with E-state index < -0.39 is 17.0 Å². The molecule has 7 nitrogen and oxygen atoms in total. The normalized spacial score (nSPS) is 12.8. The molecule has 0 saturated carbocycles. The standard InChI is InChI=1S/C21H22ClN3O4S/c1-12-4-7-18(29-12)14-5-9-20(16(22)10-14)30(27)25-17-11-15(6-8-19(17)28-3)24-21(26)13(2)23/h4-11,13,25H,23H2,1-3H3,(H,24,26)/t13-,30?/m0/s1. The van der Waals surface area contributed by atoms with E-state index in [1.807, 2.05) is 19.1 Å². The Hall–Kier alpha value is -2.81. The summed E-state index contributed by atoms with van der Waals surface area (Å²) in [6.07, 6.45) is 0. The van der Waals surface area contributed by atoms with Crippen molar-refractivity contribution in [2.24, 2.45) is 5.73 Å².